The van der Waals surface area contributed by atoms with E-state index < -0.39 is 0 Å². The van der Waals surface area contributed by atoms with Crippen LogP contribution in [0, 0.1) is 0 Å². The number of hydrogen-bond donors (Lipinski definition) is 3. The van der Waals surface area contributed by atoms with Crippen LogP contribution in [-0.4, -0.2) is 36.0 Å². The summed E-state index contributed by atoms with van der Waals surface area (Å²) in [5.74, 6) is 0.599. The second-order valence-corrected chi connectivity index (χ2v) is 6.91. The van der Waals surface area contributed by atoms with Gasteiger partial charge in [0.25, 0.3) is 5.91 Å². The van der Waals surface area contributed by atoms with Crippen molar-refractivity contribution in [1.82, 2.24) is 30.3 Å². The number of phenols is 1. The van der Waals surface area contributed by atoms with E-state index in [0.29, 0.717) is 23.0 Å². The average Bonchev–Trinajstić information content (AvgIpc) is 3.41. The number of rotatable bonds is 5. The van der Waals surface area contributed by atoms with Gasteiger partial charge in [-0.1, -0.05) is 25.0 Å². The molecule has 0 bridgehead atoms. The second kappa shape index (κ2) is 7.22. The van der Waals surface area contributed by atoms with E-state index in [-0.39, 0.29) is 17.7 Å². The van der Waals surface area contributed by atoms with Crippen molar-refractivity contribution < 1.29 is 9.90 Å². The number of hydrogen-bond acceptors (Lipinski definition) is 5. The highest BCUT2D eigenvalue weighted by Gasteiger charge is 2.24. The maximum atomic E-state index is 12.6. The fourth-order valence-electron chi connectivity index (χ4n) is 3.63. The molecule has 3 N–H and O–H groups in total. The number of aromatic amines is 1. The molecule has 4 rings (SSSR count). The first-order valence-corrected chi connectivity index (χ1v) is 9.17. The third kappa shape index (κ3) is 3.42. The SMILES string of the molecule is C[C@H](NC(=O)c1cc(-c2ccccc2O)n[nH]1)c1nncn1C1CCCC1. The number of nitrogens with zero attached hydrogens (tertiary/aromatic N) is 4. The molecule has 0 radical (unpaired) electrons. The summed E-state index contributed by atoms with van der Waals surface area (Å²) < 4.78 is 2.08. The molecule has 0 spiro atoms. The minimum Gasteiger partial charge on any atom is -0.507 e. The summed E-state index contributed by atoms with van der Waals surface area (Å²) >= 11 is 0. The van der Waals surface area contributed by atoms with Gasteiger partial charge in [-0.2, -0.15) is 5.10 Å². The van der Waals surface area contributed by atoms with Crippen LogP contribution in [0.4, 0.5) is 0 Å². The molecule has 8 heteroatoms. The zero-order valence-corrected chi connectivity index (χ0v) is 15.1. The van der Waals surface area contributed by atoms with Gasteiger partial charge in [-0.05, 0) is 38.0 Å². The highest BCUT2D eigenvalue weighted by atomic mass is 16.3. The Morgan fingerprint density at radius 1 is 1.33 bits per heavy atom. The summed E-state index contributed by atoms with van der Waals surface area (Å²) in [6, 6.07) is 8.63. The molecule has 3 aromatic rings. The standard InChI is InChI=1S/C19H22N6O2/c1-12(18-24-20-11-25(18)13-6-2-3-7-13)21-19(27)16-10-15(22-23-16)14-8-4-5-9-17(14)26/h4-5,8-13,26H,2-3,6-7H2,1H3,(H,21,27)(H,22,23)/t12-/m0/s1. The monoisotopic (exact) mass is 366 g/mol. The summed E-state index contributed by atoms with van der Waals surface area (Å²) in [4.78, 5) is 12.6. The van der Waals surface area contributed by atoms with Crippen molar-refractivity contribution in [2.24, 2.45) is 0 Å². The Morgan fingerprint density at radius 3 is 2.89 bits per heavy atom. The van der Waals surface area contributed by atoms with Crippen LogP contribution in [0.3, 0.4) is 0 Å². The Labute approximate surface area is 156 Å². The van der Waals surface area contributed by atoms with Gasteiger partial charge in [-0.3, -0.25) is 9.89 Å². The van der Waals surface area contributed by atoms with Crippen molar-refractivity contribution in [3.63, 3.8) is 0 Å². The lowest BCUT2D eigenvalue weighted by Crippen LogP contribution is -2.29. The highest BCUT2D eigenvalue weighted by Crippen LogP contribution is 2.31. The van der Waals surface area contributed by atoms with Crippen molar-refractivity contribution in [1.29, 1.82) is 0 Å². The Hall–Kier alpha value is -3.16. The molecule has 1 saturated carbocycles. The molecular weight excluding hydrogens is 344 g/mol. The Balaban J connectivity index is 1.48. The van der Waals surface area contributed by atoms with Crippen LogP contribution < -0.4 is 5.32 Å². The number of H-pyrrole nitrogens is 1. The van der Waals surface area contributed by atoms with Crippen LogP contribution in [-0.2, 0) is 0 Å². The van der Waals surface area contributed by atoms with Crippen LogP contribution in [0.1, 0.15) is 61.0 Å². The van der Waals surface area contributed by atoms with Crippen LogP contribution >= 0.6 is 0 Å². The van der Waals surface area contributed by atoms with E-state index >= 15 is 0 Å². The number of amides is 1. The van der Waals surface area contributed by atoms with Gasteiger partial charge in [0.1, 0.15) is 17.8 Å². The molecule has 2 heterocycles. The molecule has 27 heavy (non-hydrogen) atoms. The molecular formula is C19H22N6O2. The average molecular weight is 366 g/mol. The molecule has 0 saturated heterocycles. The van der Waals surface area contributed by atoms with E-state index in [0.717, 1.165) is 18.7 Å². The number of aromatic hydroxyl groups is 1. The predicted molar refractivity (Wildman–Crippen MR) is 99.1 cm³/mol. The van der Waals surface area contributed by atoms with Crippen molar-refractivity contribution in [2.75, 3.05) is 0 Å². The molecule has 1 fully saturated rings. The number of carbonyl (C=O) groups is 1. The van der Waals surface area contributed by atoms with Crippen molar-refractivity contribution >= 4 is 5.91 Å². The lowest BCUT2D eigenvalue weighted by atomic mass is 10.1. The molecule has 1 atom stereocenters. The number of para-hydroxylation sites is 1. The maximum absolute atomic E-state index is 12.6. The fourth-order valence-corrected chi connectivity index (χ4v) is 3.63. The highest BCUT2D eigenvalue weighted by molar-refractivity contribution is 5.93. The third-order valence-electron chi connectivity index (χ3n) is 5.06. The number of carbonyl (C=O) groups excluding carboxylic acids is 1. The summed E-state index contributed by atoms with van der Waals surface area (Å²) in [5.41, 5.74) is 1.41. The topological polar surface area (TPSA) is 109 Å². The van der Waals surface area contributed by atoms with E-state index in [1.165, 1.54) is 12.8 Å². The molecule has 0 aliphatic heterocycles. The van der Waals surface area contributed by atoms with Crippen LogP contribution in [0.2, 0.25) is 0 Å². The molecule has 1 aliphatic rings. The summed E-state index contributed by atoms with van der Waals surface area (Å²) in [6.45, 7) is 1.90. The van der Waals surface area contributed by atoms with Crippen molar-refractivity contribution in [3.05, 3.63) is 48.2 Å². The van der Waals surface area contributed by atoms with Gasteiger partial charge in [0, 0.05) is 11.6 Å². The van der Waals surface area contributed by atoms with Gasteiger partial charge in [-0.15, -0.1) is 10.2 Å². The second-order valence-electron chi connectivity index (χ2n) is 6.91. The molecule has 1 aliphatic carbocycles. The lowest BCUT2D eigenvalue weighted by molar-refractivity contribution is 0.0932. The van der Waals surface area contributed by atoms with Gasteiger partial charge in [0.05, 0.1) is 11.7 Å². The van der Waals surface area contributed by atoms with Gasteiger partial charge < -0.3 is 15.0 Å². The normalized spacial score (nSPS) is 15.7. The number of aromatic nitrogens is 5. The summed E-state index contributed by atoms with van der Waals surface area (Å²) in [5, 5.41) is 28.0. The lowest BCUT2D eigenvalue weighted by Gasteiger charge is -2.18. The summed E-state index contributed by atoms with van der Waals surface area (Å²) in [6.07, 6.45) is 6.42. The molecule has 8 nitrogen and oxygen atoms in total. The summed E-state index contributed by atoms with van der Waals surface area (Å²) in [7, 11) is 0. The van der Waals surface area contributed by atoms with Crippen LogP contribution in [0.5, 0.6) is 5.75 Å². The molecule has 0 unspecified atom stereocenters. The minimum absolute atomic E-state index is 0.119. The van der Waals surface area contributed by atoms with Gasteiger partial charge in [0.15, 0.2) is 5.82 Å². The van der Waals surface area contributed by atoms with Gasteiger partial charge in [-0.25, -0.2) is 0 Å². The first-order chi connectivity index (χ1) is 13.1. The molecule has 1 amide bonds. The van der Waals surface area contributed by atoms with Crippen molar-refractivity contribution in [3.8, 4) is 17.0 Å². The van der Waals surface area contributed by atoms with E-state index in [4.69, 9.17) is 0 Å². The first kappa shape index (κ1) is 17.3. The number of phenolic OH excluding ortho intramolecular Hbond substituents is 1. The number of benzene rings is 1. The molecule has 140 valence electrons. The Morgan fingerprint density at radius 2 is 2.11 bits per heavy atom. The smallest absolute Gasteiger partial charge is 0.269 e. The minimum atomic E-state index is -0.280. The quantitative estimate of drug-likeness (QED) is 0.643. The third-order valence-corrected chi connectivity index (χ3v) is 5.06. The number of nitrogens with one attached hydrogen (secondary N) is 2. The largest absolute Gasteiger partial charge is 0.507 e. The van der Waals surface area contributed by atoms with Crippen molar-refractivity contribution in [2.45, 2.75) is 44.7 Å². The van der Waals surface area contributed by atoms with E-state index in [9.17, 15) is 9.90 Å². The Kier molecular flexibility index (Phi) is 4.62. The van der Waals surface area contributed by atoms with E-state index in [2.05, 4.69) is 30.3 Å². The Bertz CT molecular complexity index is 941. The van der Waals surface area contributed by atoms with E-state index in [1.54, 1.807) is 36.7 Å². The maximum Gasteiger partial charge on any atom is 0.269 e. The zero-order valence-electron chi connectivity index (χ0n) is 15.1. The van der Waals surface area contributed by atoms with Crippen LogP contribution in [0.15, 0.2) is 36.7 Å². The molecule has 1 aromatic carbocycles. The van der Waals surface area contributed by atoms with Gasteiger partial charge in [0.2, 0.25) is 0 Å². The predicted octanol–water partition coefficient (Wildman–Crippen LogP) is 2.98. The fraction of sp³-hybridized carbons (Fsp3) is 0.368. The zero-order chi connectivity index (χ0) is 18.8. The van der Waals surface area contributed by atoms with Crippen LogP contribution in [0.25, 0.3) is 11.3 Å². The molecule has 2 aromatic heterocycles. The van der Waals surface area contributed by atoms with Gasteiger partial charge >= 0.3 is 0 Å². The van der Waals surface area contributed by atoms with E-state index in [1.807, 2.05) is 6.92 Å². The first-order valence-electron chi connectivity index (χ1n) is 9.17.